The maximum Gasteiger partial charge on any atom is 0.303 e. The van der Waals surface area contributed by atoms with Gasteiger partial charge in [0, 0.05) is 26.1 Å². The Balaban J connectivity index is 2.36. The van der Waals surface area contributed by atoms with Gasteiger partial charge in [-0.15, -0.1) is 0 Å². The summed E-state index contributed by atoms with van der Waals surface area (Å²) in [7, 11) is 1.55. The number of aromatic nitrogens is 2. The summed E-state index contributed by atoms with van der Waals surface area (Å²) < 4.78 is 13.8. The summed E-state index contributed by atoms with van der Waals surface area (Å²) in [5, 5.41) is 8.64. The highest BCUT2D eigenvalue weighted by Crippen LogP contribution is 2.20. The molecule has 0 aliphatic carbocycles. The van der Waals surface area contributed by atoms with Crippen LogP contribution in [-0.4, -0.2) is 45.4 Å². The predicted octanol–water partition coefficient (Wildman–Crippen LogP) is 2.32. The summed E-state index contributed by atoms with van der Waals surface area (Å²) in [5.41, 5.74) is 2.16. The normalized spacial score (nSPS) is 10.8. The maximum absolute atomic E-state index is 13.8. The molecule has 0 bridgehead atoms. The second-order valence-electron chi connectivity index (χ2n) is 5.44. The molecule has 0 radical (unpaired) electrons. The second kappa shape index (κ2) is 6.68. The van der Waals surface area contributed by atoms with Crippen molar-refractivity contribution < 1.29 is 19.1 Å². The van der Waals surface area contributed by atoms with Crippen molar-refractivity contribution in [3.8, 4) is 0 Å². The van der Waals surface area contributed by atoms with E-state index in [2.05, 4.69) is 9.97 Å². The van der Waals surface area contributed by atoms with Crippen LogP contribution in [0.2, 0.25) is 0 Å². The number of fused-ring (bicyclic) bond motifs is 1. The Hall–Kier alpha value is -2.57. The summed E-state index contributed by atoms with van der Waals surface area (Å²) in [5.74, 6) is -1.88. The van der Waals surface area contributed by atoms with Crippen LogP contribution in [0.15, 0.2) is 12.1 Å². The number of aliphatic carboxylic acids is 1. The first-order valence-electron chi connectivity index (χ1n) is 7.21. The molecule has 0 saturated heterocycles. The molecule has 0 aliphatic rings. The van der Waals surface area contributed by atoms with E-state index in [1.807, 2.05) is 0 Å². The molecule has 0 atom stereocenters. The van der Waals surface area contributed by atoms with E-state index < -0.39 is 17.7 Å². The Labute approximate surface area is 133 Å². The Morgan fingerprint density at radius 1 is 1.22 bits per heavy atom. The minimum atomic E-state index is -0.918. The highest BCUT2D eigenvalue weighted by atomic mass is 19.1. The first-order valence-corrected chi connectivity index (χ1v) is 7.21. The lowest BCUT2D eigenvalue weighted by Crippen LogP contribution is -2.28. The molecule has 0 saturated carbocycles. The molecular weight excluding hydrogens is 301 g/mol. The van der Waals surface area contributed by atoms with Gasteiger partial charge in [0.05, 0.1) is 22.5 Å². The molecule has 23 heavy (non-hydrogen) atoms. The van der Waals surface area contributed by atoms with Crippen molar-refractivity contribution in [2.45, 2.75) is 26.7 Å². The molecule has 0 aliphatic heterocycles. The molecule has 122 valence electrons. The van der Waals surface area contributed by atoms with Crippen molar-refractivity contribution in [2.24, 2.45) is 0 Å². The molecule has 1 aromatic carbocycles. The van der Waals surface area contributed by atoms with Gasteiger partial charge < -0.3 is 10.0 Å². The predicted molar refractivity (Wildman–Crippen MR) is 82.8 cm³/mol. The zero-order valence-electron chi connectivity index (χ0n) is 13.3. The molecule has 2 rings (SSSR count). The molecule has 2 aromatic rings. The fraction of sp³-hybridized carbons (Fsp3) is 0.375. The average Bonchev–Trinajstić information content (AvgIpc) is 2.47. The van der Waals surface area contributed by atoms with E-state index in [9.17, 15) is 14.0 Å². The first kappa shape index (κ1) is 16.8. The zero-order valence-corrected chi connectivity index (χ0v) is 13.3. The quantitative estimate of drug-likeness (QED) is 0.914. The van der Waals surface area contributed by atoms with Crippen LogP contribution in [0.25, 0.3) is 11.0 Å². The molecular formula is C16H18FN3O3. The van der Waals surface area contributed by atoms with Gasteiger partial charge >= 0.3 is 5.97 Å². The van der Waals surface area contributed by atoms with Crippen LogP contribution in [0.3, 0.4) is 0 Å². The summed E-state index contributed by atoms with van der Waals surface area (Å²) in [4.78, 5) is 33.1. The van der Waals surface area contributed by atoms with E-state index >= 15 is 0 Å². The number of rotatable bonds is 5. The molecule has 1 N–H and O–H groups in total. The minimum Gasteiger partial charge on any atom is -0.481 e. The number of amides is 1. The van der Waals surface area contributed by atoms with Gasteiger partial charge in [-0.2, -0.15) is 0 Å². The lowest BCUT2D eigenvalue weighted by molar-refractivity contribution is -0.137. The van der Waals surface area contributed by atoms with Gasteiger partial charge in [0.2, 0.25) is 0 Å². The van der Waals surface area contributed by atoms with E-state index in [-0.39, 0.29) is 18.5 Å². The van der Waals surface area contributed by atoms with Gasteiger partial charge in [-0.05, 0) is 26.3 Å². The standard InChI is InChI=1S/C16H18FN3O3/c1-9-10(2)19-15-12(7-11(17)8-13(15)18-9)16(23)20(3)6-4-5-14(21)22/h7-8H,4-6H2,1-3H3,(H,21,22). The number of carboxylic acid groups (broad SMARTS) is 1. The Kier molecular flexibility index (Phi) is 4.88. The van der Waals surface area contributed by atoms with Crippen LogP contribution in [0, 0.1) is 19.7 Å². The molecule has 0 unspecified atom stereocenters. The van der Waals surface area contributed by atoms with Gasteiger partial charge in [0.1, 0.15) is 11.3 Å². The topological polar surface area (TPSA) is 83.4 Å². The van der Waals surface area contributed by atoms with Gasteiger partial charge in [0.25, 0.3) is 5.91 Å². The van der Waals surface area contributed by atoms with Crippen molar-refractivity contribution in [3.63, 3.8) is 0 Å². The number of carbonyl (C=O) groups is 2. The van der Waals surface area contributed by atoms with Gasteiger partial charge in [-0.3, -0.25) is 9.59 Å². The highest BCUT2D eigenvalue weighted by molar-refractivity contribution is 6.04. The SMILES string of the molecule is Cc1nc2cc(F)cc(C(=O)N(C)CCCC(=O)O)c2nc1C. The number of hydrogen-bond acceptors (Lipinski definition) is 4. The Morgan fingerprint density at radius 2 is 1.87 bits per heavy atom. The monoisotopic (exact) mass is 319 g/mol. The number of benzene rings is 1. The Morgan fingerprint density at radius 3 is 2.52 bits per heavy atom. The first-order chi connectivity index (χ1) is 10.8. The van der Waals surface area contributed by atoms with Crippen molar-refractivity contribution in [1.82, 2.24) is 14.9 Å². The smallest absolute Gasteiger partial charge is 0.303 e. The summed E-state index contributed by atoms with van der Waals surface area (Å²) >= 11 is 0. The molecule has 7 heteroatoms. The number of halogens is 1. The van der Waals surface area contributed by atoms with Crippen molar-refractivity contribution in [2.75, 3.05) is 13.6 Å². The third kappa shape index (κ3) is 3.80. The van der Waals surface area contributed by atoms with Crippen molar-refractivity contribution >= 4 is 22.9 Å². The van der Waals surface area contributed by atoms with Gasteiger partial charge in [-0.1, -0.05) is 0 Å². The number of hydrogen-bond donors (Lipinski definition) is 1. The van der Waals surface area contributed by atoms with E-state index in [0.29, 0.717) is 28.8 Å². The number of nitrogens with zero attached hydrogens (tertiary/aromatic N) is 3. The summed E-state index contributed by atoms with van der Waals surface area (Å²) in [6.07, 6.45) is 0.300. The van der Waals surface area contributed by atoms with E-state index in [1.54, 1.807) is 20.9 Å². The van der Waals surface area contributed by atoms with Crippen LogP contribution < -0.4 is 0 Å². The molecule has 1 amide bonds. The lowest BCUT2D eigenvalue weighted by atomic mass is 10.1. The fourth-order valence-corrected chi connectivity index (χ4v) is 2.24. The minimum absolute atomic E-state index is 0.0281. The van der Waals surface area contributed by atoms with Gasteiger partial charge in [0.15, 0.2) is 0 Å². The molecule has 6 nitrogen and oxygen atoms in total. The average molecular weight is 319 g/mol. The summed E-state index contributed by atoms with van der Waals surface area (Å²) in [6.45, 7) is 3.81. The number of carboxylic acids is 1. The number of aryl methyl sites for hydroxylation is 2. The van der Waals surface area contributed by atoms with Crippen LogP contribution in [-0.2, 0) is 4.79 Å². The zero-order chi connectivity index (χ0) is 17.1. The van der Waals surface area contributed by atoms with Crippen molar-refractivity contribution in [3.05, 3.63) is 34.9 Å². The molecule has 0 fully saturated rings. The largest absolute Gasteiger partial charge is 0.481 e. The molecule has 0 spiro atoms. The van der Waals surface area contributed by atoms with E-state index in [0.717, 1.165) is 6.07 Å². The van der Waals surface area contributed by atoms with E-state index in [1.165, 1.54) is 11.0 Å². The van der Waals surface area contributed by atoms with Crippen molar-refractivity contribution in [1.29, 1.82) is 0 Å². The summed E-state index contributed by atoms with van der Waals surface area (Å²) in [6, 6.07) is 2.39. The lowest BCUT2D eigenvalue weighted by Gasteiger charge is -2.17. The van der Waals surface area contributed by atoms with Crippen LogP contribution in [0.1, 0.15) is 34.6 Å². The van der Waals surface area contributed by atoms with Crippen LogP contribution >= 0.6 is 0 Å². The third-order valence-corrected chi connectivity index (χ3v) is 3.61. The van der Waals surface area contributed by atoms with Crippen LogP contribution in [0.4, 0.5) is 4.39 Å². The maximum atomic E-state index is 13.8. The van der Waals surface area contributed by atoms with E-state index in [4.69, 9.17) is 5.11 Å². The van der Waals surface area contributed by atoms with Gasteiger partial charge in [-0.25, -0.2) is 14.4 Å². The fourth-order valence-electron chi connectivity index (χ4n) is 2.24. The third-order valence-electron chi connectivity index (χ3n) is 3.61. The Bertz CT molecular complexity index is 777. The van der Waals surface area contributed by atoms with Crippen LogP contribution in [0.5, 0.6) is 0 Å². The number of carbonyl (C=O) groups excluding carboxylic acids is 1. The molecule has 1 heterocycles. The second-order valence-corrected chi connectivity index (χ2v) is 5.44. The molecule has 1 aromatic heterocycles. The highest BCUT2D eigenvalue weighted by Gasteiger charge is 2.18.